The molecular formula is C14H24N2O2. The summed E-state index contributed by atoms with van der Waals surface area (Å²) < 4.78 is 11.2. The largest absolute Gasteiger partial charge is 0.468 e. The lowest BCUT2D eigenvalue weighted by molar-refractivity contribution is -0.00152. The number of nitrogens with two attached hydrogens (primary N) is 1. The van der Waals surface area contributed by atoms with Crippen LogP contribution in [0.2, 0.25) is 0 Å². The van der Waals surface area contributed by atoms with Crippen molar-refractivity contribution in [3.8, 4) is 0 Å². The van der Waals surface area contributed by atoms with Crippen LogP contribution in [0.4, 0.5) is 0 Å². The Hall–Kier alpha value is -0.840. The minimum Gasteiger partial charge on any atom is -0.468 e. The van der Waals surface area contributed by atoms with E-state index < -0.39 is 0 Å². The fourth-order valence-corrected chi connectivity index (χ4v) is 2.79. The topological polar surface area (TPSA) is 51.6 Å². The first-order chi connectivity index (χ1) is 8.72. The molecule has 1 aliphatic rings. The maximum absolute atomic E-state index is 6.12. The average molecular weight is 252 g/mol. The van der Waals surface area contributed by atoms with Gasteiger partial charge in [-0.05, 0) is 38.8 Å². The van der Waals surface area contributed by atoms with Crippen LogP contribution in [0.25, 0.3) is 0 Å². The highest BCUT2D eigenvalue weighted by molar-refractivity contribution is 5.07. The van der Waals surface area contributed by atoms with E-state index in [1.807, 2.05) is 19.1 Å². The molecule has 0 spiro atoms. The van der Waals surface area contributed by atoms with Crippen LogP contribution in [0.15, 0.2) is 22.8 Å². The number of ether oxygens (including phenoxy) is 1. The van der Waals surface area contributed by atoms with Crippen molar-refractivity contribution in [1.29, 1.82) is 0 Å². The maximum Gasteiger partial charge on any atom is 0.122 e. The Labute approximate surface area is 109 Å². The van der Waals surface area contributed by atoms with Crippen molar-refractivity contribution >= 4 is 0 Å². The number of furan rings is 1. The summed E-state index contributed by atoms with van der Waals surface area (Å²) in [5.74, 6) is 0.972. The third-order valence-electron chi connectivity index (χ3n) is 3.61. The summed E-state index contributed by atoms with van der Waals surface area (Å²) in [5, 5.41) is 0. The van der Waals surface area contributed by atoms with Crippen molar-refractivity contribution < 1.29 is 9.15 Å². The summed E-state index contributed by atoms with van der Waals surface area (Å²) in [6.45, 7) is 6.95. The van der Waals surface area contributed by atoms with E-state index in [9.17, 15) is 0 Å². The summed E-state index contributed by atoms with van der Waals surface area (Å²) in [6, 6.07) is 4.20. The SMILES string of the molecule is CCOC1CCN(C(c2ccco2)C(C)N)CC1. The molecule has 0 radical (unpaired) electrons. The van der Waals surface area contributed by atoms with E-state index in [-0.39, 0.29) is 12.1 Å². The van der Waals surface area contributed by atoms with Crippen LogP contribution in [-0.4, -0.2) is 36.7 Å². The van der Waals surface area contributed by atoms with Gasteiger partial charge in [-0.15, -0.1) is 0 Å². The molecule has 1 aromatic rings. The standard InChI is InChI=1S/C14H24N2O2/c1-3-17-12-6-8-16(9-7-12)14(11(2)15)13-5-4-10-18-13/h4-5,10-12,14H,3,6-9,15H2,1-2H3. The van der Waals surface area contributed by atoms with Crippen LogP contribution in [0, 0.1) is 0 Å². The van der Waals surface area contributed by atoms with Crippen LogP contribution in [0.3, 0.4) is 0 Å². The molecule has 4 heteroatoms. The molecule has 0 saturated carbocycles. The van der Waals surface area contributed by atoms with Crippen molar-refractivity contribution in [3.05, 3.63) is 24.2 Å². The molecule has 0 aliphatic carbocycles. The lowest BCUT2D eigenvalue weighted by Gasteiger charge is -2.38. The fourth-order valence-electron chi connectivity index (χ4n) is 2.79. The number of likely N-dealkylation sites (tertiary alicyclic amines) is 1. The molecule has 18 heavy (non-hydrogen) atoms. The molecule has 4 nitrogen and oxygen atoms in total. The molecule has 0 amide bonds. The Morgan fingerprint density at radius 3 is 2.72 bits per heavy atom. The van der Waals surface area contributed by atoms with Gasteiger partial charge >= 0.3 is 0 Å². The van der Waals surface area contributed by atoms with Crippen molar-refractivity contribution in [2.45, 2.75) is 44.9 Å². The molecule has 1 fully saturated rings. The van der Waals surface area contributed by atoms with Gasteiger partial charge in [-0.25, -0.2) is 0 Å². The second-order valence-electron chi connectivity index (χ2n) is 5.01. The fraction of sp³-hybridized carbons (Fsp3) is 0.714. The third kappa shape index (κ3) is 3.13. The zero-order chi connectivity index (χ0) is 13.0. The van der Waals surface area contributed by atoms with Crippen molar-refractivity contribution in [2.24, 2.45) is 5.73 Å². The highest BCUT2D eigenvalue weighted by Gasteiger charge is 2.30. The summed E-state index contributed by atoms with van der Waals surface area (Å²) >= 11 is 0. The lowest BCUT2D eigenvalue weighted by Crippen LogP contribution is -2.45. The van der Waals surface area contributed by atoms with Gasteiger partial charge in [0.25, 0.3) is 0 Å². The first-order valence-corrected chi connectivity index (χ1v) is 6.87. The van der Waals surface area contributed by atoms with Crippen molar-refractivity contribution in [1.82, 2.24) is 4.90 Å². The summed E-state index contributed by atoms with van der Waals surface area (Å²) in [7, 11) is 0. The Morgan fingerprint density at radius 2 is 2.22 bits per heavy atom. The molecule has 102 valence electrons. The van der Waals surface area contributed by atoms with Gasteiger partial charge in [0.2, 0.25) is 0 Å². The second kappa shape index (κ2) is 6.36. The van der Waals surface area contributed by atoms with Gasteiger partial charge in [-0.2, -0.15) is 0 Å². The van der Waals surface area contributed by atoms with E-state index in [0.717, 1.165) is 38.3 Å². The van der Waals surface area contributed by atoms with Gasteiger partial charge in [0.15, 0.2) is 0 Å². The molecule has 2 atom stereocenters. The number of nitrogens with zero attached hydrogens (tertiary/aromatic N) is 1. The Balaban J connectivity index is 1.97. The number of hydrogen-bond donors (Lipinski definition) is 1. The first kappa shape index (κ1) is 13.6. The molecule has 2 unspecified atom stereocenters. The van der Waals surface area contributed by atoms with Crippen molar-refractivity contribution in [2.75, 3.05) is 19.7 Å². The molecule has 2 heterocycles. The Bertz CT molecular complexity index is 330. The van der Waals surface area contributed by atoms with Gasteiger partial charge < -0.3 is 14.9 Å². The number of rotatable bonds is 5. The van der Waals surface area contributed by atoms with Gasteiger partial charge in [0.05, 0.1) is 18.4 Å². The van der Waals surface area contributed by atoms with Gasteiger partial charge in [-0.3, -0.25) is 4.90 Å². The number of piperidine rings is 1. The monoisotopic (exact) mass is 252 g/mol. The predicted molar refractivity (Wildman–Crippen MR) is 71.3 cm³/mol. The summed E-state index contributed by atoms with van der Waals surface area (Å²) in [5.41, 5.74) is 6.12. The van der Waals surface area contributed by atoms with E-state index in [1.54, 1.807) is 6.26 Å². The van der Waals surface area contributed by atoms with E-state index in [0.29, 0.717) is 6.10 Å². The molecule has 1 saturated heterocycles. The average Bonchev–Trinajstić information content (AvgIpc) is 2.85. The van der Waals surface area contributed by atoms with E-state index in [1.165, 1.54) is 0 Å². The molecule has 1 aromatic heterocycles. The number of hydrogen-bond acceptors (Lipinski definition) is 4. The molecule has 2 N–H and O–H groups in total. The van der Waals surface area contributed by atoms with Crippen LogP contribution in [0.1, 0.15) is 38.5 Å². The van der Waals surface area contributed by atoms with Crippen LogP contribution >= 0.6 is 0 Å². The van der Waals surface area contributed by atoms with Crippen LogP contribution in [-0.2, 0) is 4.74 Å². The highest BCUT2D eigenvalue weighted by atomic mass is 16.5. The van der Waals surface area contributed by atoms with Crippen molar-refractivity contribution in [3.63, 3.8) is 0 Å². The first-order valence-electron chi connectivity index (χ1n) is 6.87. The molecular weight excluding hydrogens is 228 g/mol. The van der Waals surface area contributed by atoms with Crippen LogP contribution < -0.4 is 5.73 Å². The van der Waals surface area contributed by atoms with E-state index >= 15 is 0 Å². The minimum absolute atomic E-state index is 0.0693. The molecule has 0 aromatic carbocycles. The zero-order valence-electron chi connectivity index (χ0n) is 11.3. The Kier molecular flexibility index (Phi) is 4.80. The highest BCUT2D eigenvalue weighted by Crippen LogP contribution is 2.27. The quantitative estimate of drug-likeness (QED) is 0.872. The molecule has 1 aliphatic heterocycles. The second-order valence-corrected chi connectivity index (χ2v) is 5.01. The van der Waals surface area contributed by atoms with E-state index in [2.05, 4.69) is 11.8 Å². The normalized spacial score (nSPS) is 21.9. The molecule has 0 bridgehead atoms. The molecule has 2 rings (SSSR count). The van der Waals surface area contributed by atoms with Gasteiger partial charge in [-0.1, -0.05) is 0 Å². The summed E-state index contributed by atoms with van der Waals surface area (Å²) in [6.07, 6.45) is 4.30. The minimum atomic E-state index is 0.0693. The zero-order valence-corrected chi connectivity index (χ0v) is 11.3. The Morgan fingerprint density at radius 1 is 1.50 bits per heavy atom. The third-order valence-corrected chi connectivity index (χ3v) is 3.61. The maximum atomic E-state index is 6.12. The smallest absolute Gasteiger partial charge is 0.122 e. The van der Waals surface area contributed by atoms with E-state index in [4.69, 9.17) is 14.9 Å². The van der Waals surface area contributed by atoms with Gasteiger partial charge in [0, 0.05) is 25.7 Å². The lowest BCUT2D eigenvalue weighted by atomic mass is 10.0. The van der Waals surface area contributed by atoms with Crippen LogP contribution in [0.5, 0.6) is 0 Å². The van der Waals surface area contributed by atoms with Gasteiger partial charge in [0.1, 0.15) is 5.76 Å². The predicted octanol–water partition coefficient (Wildman–Crippen LogP) is 2.17. The summed E-state index contributed by atoms with van der Waals surface area (Å²) in [4.78, 5) is 2.42.